The molecule has 1 aromatic heterocycles. The van der Waals surface area contributed by atoms with E-state index in [1.54, 1.807) is 0 Å². The second-order valence-corrected chi connectivity index (χ2v) is 4.70. The van der Waals surface area contributed by atoms with Crippen molar-refractivity contribution in [1.29, 1.82) is 0 Å². The van der Waals surface area contributed by atoms with E-state index in [0.29, 0.717) is 16.4 Å². The maximum atomic E-state index is 12.1. The van der Waals surface area contributed by atoms with E-state index < -0.39 is 12.6 Å². The molecule has 1 aromatic carbocycles. The van der Waals surface area contributed by atoms with Gasteiger partial charge in [-0.25, -0.2) is 0 Å². The molecule has 3 N–H and O–H groups in total. The summed E-state index contributed by atoms with van der Waals surface area (Å²) in [7, 11) is 0. The van der Waals surface area contributed by atoms with E-state index in [1.165, 1.54) is 0 Å². The first kappa shape index (κ1) is 13.7. The van der Waals surface area contributed by atoms with Crippen LogP contribution in [0.2, 0.25) is 0 Å². The summed E-state index contributed by atoms with van der Waals surface area (Å²) in [4.78, 5) is 0. The Labute approximate surface area is 112 Å². The summed E-state index contributed by atoms with van der Waals surface area (Å²) >= 11 is 1.07. The molecule has 0 aliphatic carbocycles. The molecular formula is C12H12F3N3S. The van der Waals surface area contributed by atoms with Crippen molar-refractivity contribution < 1.29 is 13.2 Å². The number of nitrogens with two attached hydrogens (primary N) is 1. The Balaban J connectivity index is 2.15. The lowest BCUT2D eigenvalue weighted by Gasteiger charge is -2.09. The van der Waals surface area contributed by atoms with Crippen molar-refractivity contribution in [3.8, 4) is 11.1 Å². The van der Waals surface area contributed by atoms with Crippen LogP contribution in [0.1, 0.15) is 6.42 Å². The zero-order chi connectivity index (χ0) is 13.9. The van der Waals surface area contributed by atoms with Crippen molar-refractivity contribution in [2.75, 3.05) is 17.6 Å². The predicted molar refractivity (Wildman–Crippen MR) is 71.1 cm³/mol. The maximum Gasteiger partial charge on any atom is 0.390 e. The van der Waals surface area contributed by atoms with Crippen molar-refractivity contribution in [2.45, 2.75) is 12.6 Å². The van der Waals surface area contributed by atoms with Gasteiger partial charge in [0.2, 0.25) is 0 Å². The van der Waals surface area contributed by atoms with E-state index in [2.05, 4.69) is 9.69 Å². The fourth-order valence-corrected chi connectivity index (χ4v) is 2.39. The van der Waals surface area contributed by atoms with Crippen LogP contribution in [0.4, 0.5) is 24.0 Å². The molecule has 7 heteroatoms. The number of halogens is 3. The fourth-order valence-electron chi connectivity index (χ4n) is 1.62. The summed E-state index contributed by atoms with van der Waals surface area (Å²) in [5.41, 5.74) is 7.26. The molecule has 1 heterocycles. The minimum Gasteiger partial charge on any atom is -0.382 e. The van der Waals surface area contributed by atoms with Crippen molar-refractivity contribution >= 4 is 22.4 Å². The van der Waals surface area contributed by atoms with Crippen LogP contribution < -0.4 is 11.1 Å². The van der Waals surface area contributed by atoms with Gasteiger partial charge in [-0.05, 0) is 17.1 Å². The van der Waals surface area contributed by atoms with Crippen LogP contribution in [0.3, 0.4) is 0 Å². The van der Waals surface area contributed by atoms with E-state index in [1.807, 2.05) is 30.3 Å². The molecule has 0 spiro atoms. The number of hydrogen-bond donors (Lipinski definition) is 2. The molecule has 0 amide bonds. The maximum absolute atomic E-state index is 12.1. The highest BCUT2D eigenvalue weighted by Gasteiger charge is 2.26. The Morgan fingerprint density at radius 1 is 1.21 bits per heavy atom. The lowest BCUT2D eigenvalue weighted by molar-refractivity contribution is -0.131. The van der Waals surface area contributed by atoms with Crippen molar-refractivity contribution in [3.63, 3.8) is 0 Å². The number of rotatable bonds is 4. The third-order valence-electron chi connectivity index (χ3n) is 2.47. The zero-order valence-corrected chi connectivity index (χ0v) is 10.7. The van der Waals surface area contributed by atoms with Gasteiger partial charge in [0.25, 0.3) is 0 Å². The lowest BCUT2D eigenvalue weighted by Crippen LogP contribution is -2.14. The molecule has 0 aliphatic rings. The normalized spacial score (nSPS) is 11.5. The Hall–Kier alpha value is -1.76. The molecular weight excluding hydrogens is 275 g/mol. The third-order valence-corrected chi connectivity index (χ3v) is 3.29. The predicted octanol–water partition coefficient (Wildman–Crippen LogP) is 3.76. The highest BCUT2D eigenvalue weighted by atomic mass is 32.1. The second kappa shape index (κ2) is 5.48. The summed E-state index contributed by atoms with van der Waals surface area (Å²) in [6, 6.07) is 9.22. The Morgan fingerprint density at radius 3 is 2.53 bits per heavy atom. The van der Waals surface area contributed by atoms with Gasteiger partial charge in [0.1, 0.15) is 10.8 Å². The lowest BCUT2D eigenvalue weighted by atomic mass is 10.1. The molecule has 0 fully saturated rings. The molecule has 0 saturated carbocycles. The first-order chi connectivity index (χ1) is 8.97. The van der Waals surface area contributed by atoms with Crippen LogP contribution in [0.5, 0.6) is 0 Å². The number of nitrogens with zero attached hydrogens (tertiary/aromatic N) is 1. The first-order valence-corrected chi connectivity index (χ1v) is 6.36. The SMILES string of the molecule is Nc1nsc(NCCC(F)(F)F)c1-c1ccccc1. The van der Waals surface area contributed by atoms with Gasteiger partial charge >= 0.3 is 6.18 Å². The number of nitrogens with one attached hydrogen (secondary N) is 1. The van der Waals surface area contributed by atoms with Gasteiger partial charge < -0.3 is 11.1 Å². The smallest absolute Gasteiger partial charge is 0.382 e. The standard InChI is InChI=1S/C12H12F3N3S/c13-12(14,15)6-7-17-11-9(10(16)18-19-11)8-4-2-1-3-5-8/h1-5,17H,6-7H2,(H2,16,18). The summed E-state index contributed by atoms with van der Waals surface area (Å²) in [6.45, 7) is -0.190. The largest absolute Gasteiger partial charge is 0.390 e. The Bertz CT molecular complexity index is 537. The number of hydrogen-bond acceptors (Lipinski definition) is 4. The topological polar surface area (TPSA) is 50.9 Å². The number of aromatic nitrogens is 1. The van der Waals surface area contributed by atoms with Crippen LogP contribution in [-0.2, 0) is 0 Å². The molecule has 0 unspecified atom stereocenters. The molecule has 0 aliphatic heterocycles. The van der Waals surface area contributed by atoms with Crippen LogP contribution in [0.25, 0.3) is 11.1 Å². The van der Waals surface area contributed by atoms with Gasteiger partial charge in [-0.3, -0.25) is 0 Å². The van der Waals surface area contributed by atoms with Gasteiger partial charge in [0, 0.05) is 6.54 Å². The molecule has 2 rings (SSSR count). The van der Waals surface area contributed by atoms with Gasteiger partial charge in [0.05, 0.1) is 12.0 Å². The van der Waals surface area contributed by atoms with Crippen LogP contribution >= 0.6 is 11.5 Å². The number of anilines is 2. The number of alkyl halides is 3. The van der Waals surface area contributed by atoms with E-state index in [4.69, 9.17) is 5.73 Å². The van der Waals surface area contributed by atoms with E-state index in [-0.39, 0.29) is 6.54 Å². The molecule has 102 valence electrons. The monoisotopic (exact) mass is 287 g/mol. The minimum atomic E-state index is -4.17. The van der Waals surface area contributed by atoms with Crippen molar-refractivity contribution in [2.24, 2.45) is 0 Å². The quantitative estimate of drug-likeness (QED) is 0.900. The molecule has 0 radical (unpaired) electrons. The van der Waals surface area contributed by atoms with Crippen molar-refractivity contribution in [3.05, 3.63) is 30.3 Å². The second-order valence-electron chi connectivity index (χ2n) is 3.93. The molecule has 19 heavy (non-hydrogen) atoms. The van der Waals surface area contributed by atoms with E-state index >= 15 is 0 Å². The van der Waals surface area contributed by atoms with Crippen molar-refractivity contribution in [1.82, 2.24) is 4.37 Å². The average molecular weight is 287 g/mol. The first-order valence-electron chi connectivity index (χ1n) is 5.58. The zero-order valence-electron chi connectivity index (χ0n) is 9.87. The van der Waals surface area contributed by atoms with Crippen LogP contribution in [0.15, 0.2) is 30.3 Å². The van der Waals surface area contributed by atoms with E-state index in [0.717, 1.165) is 17.1 Å². The minimum absolute atomic E-state index is 0.190. The van der Waals surface area contributed by atoms with Gasteiger partial charge in [-0.15, -0.1) is 0 Å². The summed E-state index contributed by atoms with van der Waals surface area (Å²) in [6.07, 6.45) is -5.06. The molecule has 2 aromatic rings. The highest BCUT2D eigenvalue weighted by Crippen LogP contribution is 2.36. The van der Waals surface area contributed by atoms with Crippen LogP contribution in [0, 0.1) is 0 Å². The molecule has 3 nitrogen and oxygen atoms in total. The third kappa shape index (κ3) is 3.60. The fraction of sp³-hybridized carbons (Fsp3) is 0.250. The summed E-state index contributed by atoms with van der Waals surface area (Å²) in [5, 5.41) is 3.31. The molecule has 0 atom stereocenters. The summed E-state index contributed by atoms with van der Waals surface area (Å²) < 4.78 is 40.3. The summed E-state index contributed by atoms with van der Waals surface area (Å²) in [5.74, 6) is 0.325. The highest BCUT2D eigenvalue weighted by molar-refractivity contribution is 7.11. The van der Waals surface area contributed by atoms with Gasteiger partial charge in [0.15, 0.2) is 0 Å². The Kier molecular flexibility index (Phi) is 3.94. The number of benzene rings is 1. The van der Waals surface area contributed by atoms with E-state index in [9.17, 15) is 13.2 Å². The molecule has 0 saturated heterocycles. The van der Waals surface area contributed by atoms with Gasteiger partial charge in [-0.1, -0.05) is 30.3 Å². The Morgan fingerprint density at radius 2 is 1.89 bits per heavy atom. The van der Waals surface area contributed by atoms with Gasteiger partial charge in [-0.2, -0.15) is 17.5 Å². The molecule has 0 bridgehead atoms. The number of nitrogen functional groups attached to an aromatic ring is 1. The van der Waals surface area contributed by atoms with Crippen LogP contribution in [-0.4, -0.2) is 17.1 Å². The average Bonchev–Trinajstić information content (AvgIpc) is 2.70.